The molecule has 2 rings (SSSR count). The molecule has 0 heterocycles. The van der Waals surface area contributed by atoms with E-state index in [-0.39, 0.29) is 17.2 Å². The zero-order chi connectivity index (χ0) is 12.6. The first kappa shape index (κ1) is 13.0. The maximum atomic E-state index is 11.8. The molecular weight excluding hydrogens is 280 g/mol. The van der Waals surface area contributed by atoms with Crippen LogP contribution in [0.5, 0.6) is 0 Å². The van der Waals surface area contributed by atoms with Crippen LogP contribution in [0.25, 0.3) is 0 Å². The van der Waals surface area contributed by atoms with E-state index < -0.39 is 0 Å². The zero-order valence-corrected chi connectivity index (χ0v) is 11.5. The smallest absolute Gasteiger partial charge is 0.227 e. The molecule has 2 nitrogen and oxygen atoms in total. The van der Waals surface area contributed by atoms with Crippen LogP contribution in [-0.2, 0) is 4.79 Å². The molecule has 0 radical (unpaired) electrons. The largest absolute Gasteiger partial charge is 0.359 e. The SMILES string of the molecule is CNC(=O)C1CCC(Cl)c2c1ccc(Cl)c2Cl. The summed E-state index contributed by atoms with van der Waals surface area (Å²) in [5, 5.41) is 3.45. The average molecular weight is 293 g/mol. The van der Waals surface area contributed by atoms with Crippen molar-refractivity contribution in [2.45, 2.75) is 24.1 Å². The van der Waals surface area contributed by atoms with Crippen LogP contribution >= 0.6 is 34.8 Å². The second-order valence-electron chi connectivity index (χ2n) is 4.08. The quantitative estimate of drug-likeness (QED) is 0.782. The number of carbonyl (C=O) groups excluding carboxylic acids is 1. The highest BCUT2D eigenvalue weighted by Gasteiger charge is 2.32. The van der Waals surface area contributed by atoms with Crippen LogP contribution in [0.1, 0.15) is 35.3 Å². The van der Waals surface area contributed by atoms with Gasteiger partial charge in [-0.1, -0.05) is 29.3 Å². The Bertz CT molecular complexity index is 461. The van der Waals surface area contributed by atoms with Gasteiger partial charge in [-0.05, 0) is 30.0 Å². The van der Waals surface area contributed by atoms with E-state index in [1.807, 2.05) is 6.07 Å². The predicted octanol–water partition coefficient (Wildman–Crippen LogP) is 3.90. The van der Waals surface area contributed by atoms with Gasteiger partial charge in [0.2, 0.25) is 5.91 Å². The van der Waals surface area contributed by atoms with Crippen molar-refractivity contribution >= 4 is 40.7 Å². The van der Waals surface area contributed by atoms with Gasteiger partial charge in [0.25, 0.3) is 0 Å². The minimum Gasteiger partial charge on any atom is -0.359 e. The lowest BCUT2D eigenvalue weighted by Crippen LogP contribution is -2.29. The highest BCUT2D eigenvalue weighted by Crippen LogP contribution is 2.46. The Kier molecular flexibility index (Phi) is 3.86. The van der Waals surface area contributed by atoms with Crippen LogP contribution < -0.4 is 5.32 Å². The van der Waals surface area contributed by atoms with E-state index in [1.54, 1.807) is 13.1 Å². The number of likely N-dealkylation sites (N-methyl/N-ethyl adjacent to an activating group) is 1. The number of fused-ring (bicyclic) bond motifs is 1. The second kappa shape index (κ2) is 5.05. The lowest BCUT2D eigenvalue weighted by Gasteiger charge is -2.28. The van der Waals surface area contributed by atoms with Crippen LogP contribution in [0.3, 0.4) is 0 Å². The van der Waals surface area contributed by atoms with E-state index in [4.69, 9.17) is 34.8 Å². The van der Waals surface area contributed by atoms with Gasteiger partial charge in [0.05, 0.1) is 21.3 Å². The van der Waals surface area contributed by atoms with Gasteiger partial charge in [-0.3, -0.25) is 4.79 Å². The molecule has 5 heteroatoms. The van der Waals surface area contributed by atoms with Crippen molar-refractivity contribution in [3.8, 4) is 0 Å². The van der Waals surface area contributed by atoms with E-state index in [0.717, 1.165) is 24.0 Å². The molecule has 92 valence electrons. The number of nitrogens with one attached hydrogen (secondary N) is 1. The topological polar surface area (TPSA) is 29.1 Å². The van der Waals surface area contributed by atoms with Crippen molar-refractivity contribution in [3.63, 3.8) is 0 Å². The normalized spacial score (nSPS) is 23.1. The molecule has 1 aliphatic carbocycles. The molecule has 0 spiro atoms. The Balaban J connectivity index is 2.54. The summed E-state index contributed by atoms with van der Waals surface area (Å²) in [5.74, 6) is -0.187. The molecule has 2 atom stereocenters. The molecule has 1 aromatic rings. The molecule has 0 bridgehead atoms. The molecule has 2 unspecified atom stereocenters. The molecule has 0 fully saturated rings. The van der Waals surface area contributed by atoms with Crippen molar-refractivity contribution in [3.05, 3.63) is 33.3 Å². The lowest BCUT2D eigenvalue weighted by molar-refractivity contribution is -0.122. The van der Waals surface area contributed by atoms with Crippen molar-refractivity contribution in [1.82, 2.24) is 5.32 Å². The molecule has 1 amide bonds. The first-order valence-corrected chi connectivity index (χ1v) is 6.59. The summed E-state index contributed by atoms with van der Waals surface area (Å²) < 4.78 is 0. The fraction of sp³-hybridized carbons (Fsp3) is 0.417. The average Bonchev–Trinajstić information content (AvgIpc) is 2.33. The molecule has 17 heavy (non-hydrogen) atoms. The summed E-state index contributed by atoms with van der Waals surface area (Å²) in [7, 11) is 1.63. The number of hydrogen-bond acceptors (Lipinski definition) is 1. The maximum absolute atomic E-state index is 11.8. The number of halogens is 3. The molecule has 0 aliphatic heterocycles. The van der Waals surface area contributed by atoms with E-state index in [9.17, 15) is 4.79 Å². The van der Waals surface area contributed by atoms with Crippen LogP contribution in [-0.4, -0.2) is 13.0 Å². The third-order valence-electron chi connectivity index (χ3n) is 3.13. The number of alkyl halides is 1. The highest BCUT2D eigenvalue weighted by molar-refractivity contribution is 6.43. The Morgan fingerprint density at radius 2 is 2.06 bits per heavy atom. The maximum Gasteiger partial charge on any atom is 0.227 e. The summed E-state index contributed by atoms with van der Waals surface area (Å²) in [5.41, 5.74) is 1.70. The van der Waals surface area contributed by atoms with Crippen LogP contribution in [0.2, 0.25) is 10.0 Å². The third kappa shape index (κ3) is 2.26. The molecule has 1 N–H and O–H groups in total. The van der Waals surface area contributed by atoms with Gasteiger partial charge in [-0.25, -0.2) is 0 Å². The third-order valence-corrected chi connectivity index (χ3v) is 4.38. The number of rotatable bonds is 1. The zero-order valence-electron chi connectivity index (χ0n) is 9.27. The number of hydrogen-bond donors (Lipinski definition) is 1. The Hall–Kier alpha value is -0.440. The summed E-state index contributed by atoms with van der Waals surface area (Å²) in [6.45, 7) is 0. The van der Waals surface area contributed by atoms with Crippen molar-refractivity contribution < 1.29 is 4.79 Å². The standard InChI is InChI=1S/C12H12Cl3NO/c1-16-12(17)7-3-4-8(13)10-6(7)2-5-9(14)11(10)15/h2,5,7-8H,3-4H2,1H3,(H,16,17). The van der Waals surface area contributed by atoms with Crippen molar-refractivity contribution in [2.75, 3.05) is 7.05 Å². The molecule has 0 saturated carbocycles. The Labute approximate surface area is 115 Å². The van der Waals surface area contributed by atoms with E-state index >= 15 is 0 Å². The van der Waals surface area contributed by atoms with Crippen LogP contribution in [0.15, 0.2) is 12.1 Å². The molecule has 0 aromatic heterocycles. The summed E-state index contributed by atoms with van der Waals surface area (Å²) in [4.78, 5) is 11.8. The first-order valence-electron chi connectivity index (χ1n) is 5.39. The molecule has 0 saturated heterocycles. The van der Waals surface area contributed by atoms with Gasteiger partial charge in [-0.2, -0.15) is 0 Å². The van der Waals surface area contributed by atoms with Crippen LogP contribution in [0.4, 0.5) is 0 Å². The van der Waals surface area contributed by atoms with Crippen molar-refractivity contribution in [2.24, 2.45) is 0 Å². The Morgan fingerprint density at radius 3 is 2.71 bits per heavy atom. The monoisotopic (exact) mass is 291 g/mol. The second-order valence-corrected chi connectivity index (χ2v) is 5.39. The van der Waals surface area contributed by atoms with Gasteiger partial charge in [0.15, 0.2) is 0 Å². The van der Waals surface area contributed by atoms with Gasteiger partial charge >= 0.3 is 0 Å². The number of carbonyl (C=O) groups is 1. The van der Waals surface area contributed by atoms with Gasteiger partial charge in [0, 0.05) is 7.05 Å². The minimum absolute atomic E-state index is 0.00629. The van der Waals surface area contributed by atoms with E-state index in [1.165, 1.54) is 0 Å². The summed E-state index contributed by atoms with van der Waals surface area (Å²) >= 11 is 18.4. The van der Waals surface area contributed by atoms with E-state index in [0.29, 0.717) is 10.0 Å². The molecule has 1 aromatic carbocycles. The minimum atomic E-state index is -0.181. The predicted molar refractivity (Wildman–Crippen MR) is 71.1 cm³/mol. The lowest BCUT2D eigenvalue weighted by atomic mass is 9.82. The number of amides is 1. The van der Waals surface area contributed by atoms with Crippen LogP contribution in [0, 0.1) is 0 Å². The summed E-state index contributed by atoms with van der Waals surface area (Å²) in [6.07, 6.45) is 1.46. The molecule has 1 aliphatic rings. The highest BCUT2D eigenvalue weighted by atomic mass is 35.5. The van der Waals surface area contributed by atoms with Crippen molar-refractivity contribution in [1.29, 1.82) is 0 Å². The van der Waals surface area contributed by atoms with Gasteiger partial charge in [-0.15, -0.1) is 11.6 Å². The first-order chi connectivity index (χ1) is 8.06. The fourth-order valence-electron chi connectivity index (χ4n) is 2.26. The molecular formula is C12H12Cl3NO. The van der Waals surface area contributed by atoms with E-state index in [2.05, 4.69) is 5.32 Å². The van der Waals surface area contributed by atoms with Gasteiger partial charge in [0.1, 0.15) is 0 Å². The Morgan fingerprint density at radius 1 is 1.35 bits per heavy atom. The van der Waals surface area contributed by atoms with Gasteiger partial charge < -0.3 is 5.32 Å². The fourth-order valence-corrected chi connectivity index (χ4v) is 3.15. The number of benzene rings is 1. The summed E-state index contributed by atoms with van der Waals surface area (Å²) in [6, 6.07) is 3.56.